The number of fused-ring (bicyclic) bond motifs is 1. The van der Waals surface area contributed by atoms with Crippen molar-refractivity contribution in [3.8, 4) is 0 Å². The van der Waals surface area contributed by atoms with Gasteiger partial charge < -0.3 is 10.1 Å². The van der Waals surface area contributed by atoms with Crippen molar-refractivity contribution in [3.63, 3.8) is 0 Å². The molecule has 0 radical (unpaired) electrons. The Hall–Kier alpha value is -1.54. The van der Waals surface area contributed by atoms with Crippen LogP contribution in [-0.4, -0.2) is 16.7 Å². The minimum atomic E-state index is 0.00617. The van der Waals surface area contributed by atoms with Crippen LogP contribution >= 0.6 is 0 Å². The number of benzene rings is 1. The van der Waals surface area contributed by atoms with Gasteiger partial charge in [0.25, 0.3) is 0 Å². The second kappa shape index (κ2) is 3.07. The lowest BCUT2D eigenvalue weighted by atomic mass is 10.1. The van der Waals surface area contributed by atoms with Gasteiger partial charge in [-0.1, -0.05) is 18.7 Å². The van der Waals surface area contributed by atoms with E-state index in [1.165, 1.54) is 5.39 Å². The van der Waals surface area contributed by atoms with Gasteiger partial charge in [0, 0.05) is 11.7 Å². The van der Waals surface area contributed by atoms with Crippen LogP contribution in [0.2, 0.25) is 0 Å². The number of aliphatic hydroxyl groups excluding tert-OH is 1. The lowest BCUT2D eigenvalue weighted by Crippen LogP contribution is -1.87. The van der Waals surface area contributed by atoms with Crippen LogP contribution in [0.4, 0.5) is 0 Å². The van der Waals surface area contributed by atoms with E-state index in [0.717, 1.165) is 16.7 Å². The minimum absolute atomic E-state index is 0.00617. The molecule has 0 aliphatic rings. The van der Waals surface area contributed by atoms with Crippen LogP contribution in [-0.2, 0) is 0 Å². The molecule has 13 heavy (non-hydrogen) atoms. The van der Waals surface area contributed by atoms with Gasteiger partial charge in [0.15, 0.2) is 0 Å². The Morgan fingerprint density at radius 1 is 1.38 bits per heavy atom. The highest BCUT2D eigenvalue weighted by molar-refractivity contribution is 5.83. The zero-order chi connectivity index (χ0) is 9.26. The molecule has 0 atom stereocenters. The van der Waals surface area contributed by atoms with E-state index in [-0.39, 0.29) is 6.61 Å². The van der Waals surface area contributed by atoms with Crippen molar-refractivity contribution in [1.29, 1.82) is 0 Å². The summed E-state index contributed by atoms with van der Waals surface area (Å²) in [7, 11) is 0. The van der Waals surface area contributed by atoms with Gasteiger partial charge in [0.2, 0.25) is 0 Å². The molecule has 2 N–H and O–H groups in total. The largest absolute Gasteiger partial charge is 0.392 e. The van der Waals surface area contributed by atoms with Crippen LogP contribution in [0.1, 0.15) is 5.56 Å². The fraction of sp³-hybridized carbons (Fsp3) is 0.0909. The van der Waals surface area contributed by atoms with Crippen LogP contribution in [0.25, 0.3) is 16.5 Å². The van der Waals surface area contributed by atoms with Crippen molar-refractivity contribution < 1.29 is 5.11 Å². The Labute approximate surface area is 76.5 Å². The van der Waals surface area contributed by atoms with E-state index in [9.17, 15) is 0 Å². The molecule has 1 heterocycles. The number of rotatable bonds is 2. The summed E-state index contributed by atoms with van der Waals surface area (Å²) >= 11 is 0. The maximum absolute atomic E-state index is 8.90. The molecule has 0 aliphatic carbocycles. The molecule has 2 rings (SSSR count). The second-order valence-corrected chi connectivity index (χ2v) is 3.04. The van der Waals surface area contributed by atoms with E-state index in [1.807, 2.05) is 30.5 Å². The highest BCUT2D eigenvalue weighted by Crippen LogP contribution is 2.18. The molecule has 0 aliphatic heterocycles. The quantitative estimate of drug-likeness (QED) is 0.717. The normalized spacial score (nSPS) is 10.5. The van der Waals surface area contributed by atoms with Gasteiger partial charge in [-0.05, 0) is 28.7 Å². The summed E-state index contributed by atoms with van der Waals surface area (Å²) < 4.78 is 0. The summed E-state index contributed by atoms with van der Waals surface area (Å²) in [5.41, 5.74) is 2.81. The highest BCUT2D eigenvalue weighted by Gasteiger charge is 1.99. The van der Waals surface area contributed by atoms with Crippen LogP contribution in [0.3, 0.4) is 0 Å². The van der Waals surface area contributed by atoms with Crippen molar-refractivity contribution in [2.24, 2.45) is 0 Å². The Morgan fingerprint density at radius 3 is 3.00 bits per heavy atom. The molecule has 0 spiro atoms. The Bertz CT molecular complexity index is 442. The third-order valence-corrected chi connectivity index (χ3v) is 2.15. The van der Waals surface area contributed by atoms with E-state index in [0.29, 0.717) is 0 Å². The molecule has 0 unspecified atom stereocenters. The SMILES string of the molecule is C=C(CO)c1ccc2cc[nH]c2c1. The van der Waals surface area contributed by atoms with Crippen molar-refractivity contribution >= 4 is 16.5 Å². The van der Waals surface area contributed by atoms with Crippen molar-refractivity contribution in [2.75, 3.05) is 6.61 Å². The molecule has 1 aromatic heterocycles. The number of aliphatic hydroxyl groups is 1. The first kappa shape index (κ1) is 8.08. The Kier molecular flexibility index (Phi) is 1.91. The maximum atomic E-state index is 8.90. The third kappa shape index (κ3) is 1.36. The number of H-pyrrole nitrogens is 1. The maximum Gasteiger partial charge on any atom is 0.0681 e. The summed E-state index contributed by atoms with van der Waals surface area (Å²) in [6.07, 6.45) is 1.90. The average Bonchev–Trinajstić information content (AvgIpc) is 2.63. The topological polar surface area (TPSA) is 36.0 Å². The van der Waals surface area contributed by atoms with Gasteiger partial charge in [-0.3, -0.25) is 0 Å². The van der Waals surface area contributed by atoms with Gasteiger partial charge in [-0.2, -0.15) is 0 Å². The molecule has 0 bridgehead atoms. The fourth-order valence-corrected chi connectivity index (χ4v) is 1.36. The predicted molar refractivity (Wildman–Crippen MR) is 54.4 cm³/mol. The van der Waals surface area contributed by atoms with Crippen LogP contribution in [0.15, 0.2) is 37.0 Å². The first-order chi connectivity index (χ1) is 6.31. The van der Waals surface area contributed by atoms with Crippen LogP contribution in [0.5, 0.6) is 0 Å². The molecule has 0 saturated heterocycles. The summed E-state index contributed by atoms with van der Waals surface area (Å²) in [6, 6.07) is 7.99. The minimum Gasteiger partial charge on any atom is -0.392 e. The number of nitrogens with one attached hydrogen (secondary N) is 1. The zero-order valence-electron chi connectivity index (χ0n) is 7.25. The lowest BCUT2D eigenvalue weighted by Gasteiger charge is -2.01. The van der Waals surface area contributed by atoms with Crippen molar-refractivity contribution in [2.45, 2.75) is 0 Å². The predicted octanol–water partition coefficient (Wildman–Crippen LogP) is 2.17. The summed E-state index contributed by atoms with van der Waals surface area (Å²) in [4.78, 5) is 3.12. The van der Waals surface area contributed by atoms with Crippen LogP contribution in [0, 0.1) is 0 Å². The molecule has 2 aromatic rings. The summed E-state index contributed by atoms with van der Waals surface area (Å²) in [6.45, 7) is 3.78. The molecule has 2 nitrogen and oxygen atoms in total. The average molecular weight is 173 g/mol. The zero-order valence-corrected chi connectivity index (χ0v) is 7.25. The van der Waals surface area contributed by atoms with Gasteiger partial charge in [0.1, 0.15) is 0 Å². The standard InChI is InChI=1S/C11H11NO/c1-8(7-13)10-3-2-9-4-5-12-11(9)6-10/h2-6,12-13H,1,7H2. The Morgan fingerprint density at radius 2 is 2.23 bits per heavy atom. The molecule has 0 amide bonds. The molecule has 0 saturated carbocycles. The first-order valence-electron chi connectivity index (χ1n) is 4.17. The smallest absolute Gasteiger partial charge is 0.0681 e. The van der Waals surface area contributed by atoms with E-state index < -0.39 is 0 Å². The Balaban J connectivity index is 2.54. The summed E-state index contributed by atoms with van der Waals surface area (Å²) in [5.74, 6) is 0. The van der Waals surface area contributed by atoms with Crippen molar-refractivity contribution in [1.82, 2.24) is 4.98 Å². The lowest BCUT2D eigenvalue weighted by molar-refractivity contribution is 0.350. The van der Waals surface area contributed by atoms with E-state index in [4.69, 9.17) is 5.11 Å². The van der Waals surface area contributed by atoms with E-state index in [1.54, 1.807) is 0 Å². The van der Waals surface area contributed by atoms with Crippen molar-refractivity contribution in [3.05, 3.63) is 42.6 Å². The number of hydrogen-bond donors (Lipinski definition) is 2. The first-order valence-corrected chi connectivity index (χ1v) is 4.17. The number of hydrogen-bond acceptors (Lipinski definition) is 1. The van der Waals surface area contributed by atoms with E-state index >= 15 is 0 Å². The molecule has 1 aromatic carbocycles. The van der Waals surface area contributed by atoms with Crippen LogP contribution < -0.4 is 0 Å². The number of aromatic nitrogens is 1. The van der Waals surface area contributed by atoms with Gasteiger partial charge in [0.05, 0.1) is 6.61 Å². The monoisotopic (exact) mass is 173 g/mol. The van der Waals surface area contributed by atoms with Gasteiger partial charge >= 0.3 is 0 Å². The highest BCUT2D eigenvalue weighted by atomic mass is 16.3. The van der Waals surface area contributed by atoms with Gasteiger partial charge in [-0.15, -0.1) is 0 Å². The molecule has 0 fully saturated rings. The number of aromatic amines is 1. The molecule has 66 valence electrons. The molecule has 2 heteroatoms. The van der Waals surface area contributed by atoms with E-state index in [2.05, 4.69) is 11.6 Å². The molecular weight excluding hydrogens is 162 g/mol. The third-order valence-electron chi connectivity index (χ3n) is 2.15. The second-order valence-electron chi connectivity index (χ2n) is 3.04. The summed E-state index contributed by atoms with van der Waals surface area (Å²) in [5, 5.41) is 10.1. The molecular formula is C11H11NO. The van der Waals surface area contributed by atoms with Gasteiger partial charge in [-0.25, -0.2) is 0 Å². The fourth-order valence-electron chi connectivity index (χ4n) is 1.36.